The van der Waals surface area contributed by atoms with E-state index in [0.29, 0.717) is 5.70 Å². The first-order valence-corrected chi connectivity index (χ1v) is 6.78. The van der Waals surface area contributed by atoms with Gasteiger partial charge in [-0.05, 0) is 17.2 Å². The first-order valence-electron chi connectivity index (χ1n) is 6.78. The molecule has 2 heteroatoms. The molecular formula is C19H18N2. The molecule has 0 radical (unpaired) electrons. The highest BCUT2D eigenvalue weighted by Gasteiger charge is 2.06. The average molecular weight is 274 g/mol. The summed E-state index contributed by atoms with van der Waals surface area (Å²) in [5, 5.41) is 3.65. The van der Waals surface area contributed by atoms with Gasteiger partial charge in [-0.1, -0.05) is 80.0 Å². The molecule has 0 aliphatic heterocycles. The third-order valence-electron chi connectivity index (χ3n) is 3.28. The molecule has 0 saturated heterocycles. The van der Waals surface area contributed by atoms with E-state index in [1.807, 2.05) is 48.6 Å². The van der Waals surface area contributed by atoms with Crippen molar-refractivity contribution in [3.63, 3.8) is 0 Å². The van der Waals surface area contributed by atoms with Crippen LogP contribution < -0.4 is 0 Å². The highest BCUT2D eigenvalue weighted by atomic mass is 15.0. The number of hydrogen-bond acceptors (Lipinski definition) is 2. The number of hydrogen-bond donors (Lipinski definition) is 1. The van der Waals surface area contributed by atoms with Gasteiger partial charge in [0.15, 0.2) is 0 Å². The van der Waals surface area contributed by atoms with E-state index in [0.717, 1.165) is 16.7 Å². The summed E-state index contributed by atoms with van der Waals surface area (Å²) in [5.41, 5.74) is 11.1. The topological polar surface area (TPSA) is 36.2 Å². The van der Waals surface area contributed by atoms with Gasteiger partial charge in [0.1, 0.15) is 0 Å². The van der Waals surface area contributed by atoms with Gasteiger partial charge in [-0.25, -0.2) is 5.53 Å². The Morgan fingerprint density at radius 1 is 1.05 bits per heavy atom. The van der Waals surface area contributed by atoms with Crippen molar-refractivity contribution >= 4 is 11.3 Å². The zero-order valence-corrected chi connectivity index (χ0v) is 11.9. The smallest absolute Gasteiger partial charge is 0.0891 e. The molecule has 0 amide bonds. The molecule has 1 aromatic rings. The lowest BCUT2D eigenvalue weighted by atomic mass is 10.0. The molecule has 0 aromatic heterocycles. The summed E-state index contributed by atoms with van der Waals surface area (Å²) in [6.45, 7) is 7.51. The molecule has 2 nitrogen and oxygen atoms in total. The monoisotopic (exact) mass is 274 g/mol. The minimum absolute atomic E-state index is 0.221. The van der Waals surface area contributed by atoms with Gasteiger partial charge >= 0.3 is 0 Å². The molecule has 0 fully saturated rings. The molecule has 2 rings (SSSR count). The Balaban J connectivity index is 2.28. The Labute approximate surface area is 125 Å². The van der Waals surface area contributed by atoms with Crippen LogP contribution in [-0.2, 0) is 0 Å². The van der Waals surface area contributed by atoms with Gasteiger partial charge in [-0.15, -0.1) is 0 Å². The summed E-state index contributed by atoms with van der Waals surface area (Å²) < 4.78 is 0. The maximum atomic E-state index is 7.37. The van der Waals surface area contributed by atoms with Crippen molar-refractivity contribution < 1.29 is 0 Å². The fourth-order valence-corrected chi connectivity index (χ4v) is 2.18. The van der Waals surface area contributed by atoms with Crippen LogP contribution in [0.5, 0.6) is 0 Å². The lowest BCUT2D eigenvalue weighted by molar-refractivity contribution is 1.07. The van der Waals surface area contributed by atoms with Crippen molar-refractivity contribution in [3.8, 4) is 0 Å². The zero-order chi connectivity index (χ0) is 15.1. The second-order valence-corrected chi connectivity index (χ2v) is 4.65. The second kappa shape index (κ2) is 7.15. The molecule has 1 aromatic carbocycles. The number of allylic oxidation sites excluding steroid dienone is 9. The highest BCUT2D eigenvalue weighted by molar-refractivity contribution is 5.76. The molecular weight excluding hydrogens is 256 g/mol. The molecule has 0 spiro atoms. The summed E-state index contributed by atoms with van der Waals surface area (Å²) >= 11 is 0. The largest absolute Gasteiger partial charge is 0.204 e. The van der Waals surface area contributed by atoms with E-state index < -0.39 is 0 Å². The minimum atomic E-state index is 0.221. The van der Waals surface area contributed by atoms with Gasteiger partial charge in [-0.2, -0.15) is 5.11 Å². The first-order chi connectivity index (χ1) is 10.3. The summed E-state index contributed by atoms with van der Waals surface area (Å²) in [6.07, 6.45) is 15.6. The third-order valence-corrected chi connectivity index (χ3v) is 3.28. The standard InChI is InChI=1S/C19H18N2/c1-3-7-16(4-2)17-10-12-18(13-11-17)19(21-20)14-15-8-5-6-9-15/h3-15,20H,1-2H2/b16-7+,19-14-,21-20?. The van der Waals surface area contributed by atoms with E-state index in [-0.39, 0.29) is 5.92 Å². The number of nitrogens with one attached hydrogen (secondary N) is 1. The van der Waals surface area contributed by atoms with E-state index in [4.69, 9.17) is 5.53 Å². The van der Waals surface area contributed by atoms with Crippen LogP contribution in [0.2, 0.25) is 0 Å². The van der Waals surface area contributed by atoms with Gasteiger partial charge in [0, 0.05) is 11.5 Å². The van der Waals surface area contributed by atoms with Crippen LogP contribution >= 0.6 is 0 Å². The summed E-state index contributed by atoms with van der Waals surface area (Å²) in [6, 6.07) is 7.96. The van der Waals surface area contributed by atoms with Gasteiger partial charge in [0.2, 0.25) is 0 Å². The van der Waals surface area contributed by atoms with Crippen LogP contribution in [0.3, 0.4) is 0 Å². The normalized spacial score (nSPS) is 15.2. The lowest BCUT2D eigenvalue weighted by Crippen LogP contribution is -1.88. The minimum Gasteiger partial charge on any atom is -0.204 e. The summed E-state index contributed by atoms with van der Waals surface area (Å²) in [5.74, 6) is 0.221. The fraction of sp³-hybridized carbons (Fsp3) is 0.0526. The van der Waals surface area contributed by atoms with E-state index in [1.54, 1.807) is 12.2 Å². The summed E-state index contributed by atoms with van der Waals surface area (Å²) in [7, 11) is 0. The van der Waals surface area contributed by atoms with Crippen LogP contribution in [0.15, 0.2) is 91.1 Å². The predicted octanol–water partition coefficient (Wildman–Crippen LogP) is 5.56. The van der Waals surface area contributed by atoms with Crippen LogP contribution in [-0.4, -0.2) is 0 Å². The maximum absolute atomic E-state index is 7.37. The Morgan fingerprint density at radius 3 is 2.19 bits per heavy atom. The second-order valence-electron chi connectivity index (χ2n) is 4.65. The van der Waals surface area contributed by atoms with Crippen molar-refractivity contribution in [1.29, 1.82) is 5.53 Å². The molecule has 1 aliphatic carbocycles. The molecule has 1 N–H and O–H groups in total. The Bertz CT molecular complexity index is 643. The fourth-order valence-electron chi connectivity index (χ4n) is 2.18. The number of benzene rings is 1. The van der Waals surface area contributed by atoms with Gasteiger partial charge in [0.05, 0.1) is 5.70 Å². The third kappa shape index (κ3) is 3.63. The molecule has 21 heavy (non-hydrogen) atoms. The zero-order valence-electron chi connectivity index (χ0n) is 11.9. The van der Waals surface area contributed by atoms with Crippen molar-refractivity contribution in [1.82, 2.24) is 0 Å². The predicted molar refractivity (Wildman–Crippen MR) is 89.7 cm³/mol. The van der Waals surface area contributed by atoms with Crippen LogP contribution in [0, 0.1) is 11.4 Å². The number of nitrogens with zero attached hydrogens (tertiary/aromatic N) is 1. The Morgan fingerprint density at radius 2 is 1.67 bits per heavy atom. The van der Waals surface area contributed by atoms with Gasteiger partial charge in [0.25, 0.3) is 0 Å². The molecule has 0 saturated carbocycles. The van der Waals surface area contributed by atoms with E-state index in [1.165, 1.54) is 0 Å². The lowest BCUT2D eigenvalue weighted by Gasteiger charge is -2.06. The SMILES string of the molecule is C=C/C=C(\C=C)c1ccc(/C(=C/C2C=CC=C2)N=N)cc1. The van der Waals surface area contributed by atoms with Crippen molar-refractivity contribution in [2.75, 3.05) is 0 Å². The molecule has 0 unspecified atom stereocenters. The van der Waals surface area contributed by atoms with Crippen molar-refractivity contribution in [3.05, 3.63) is 97.2 Å². The van der Waals surface area contributed by atoms with Crippen molar-refractivity contribution in [2.45, 2.75) is 0 Å². The van der Waals surface area contributed by atoms with E-state index in [9.17, 15) is 0 Å². The molecule has 0 heterocycles. The Kier molecular flexibility index (Phi) is 4.99. The van der Waals surface area contributed by atoms with Gasteiger partial charge in [-0.3, -0.25) is 0 Å². The van der Waals surface area contributed by atoms with Crippen LogP contribution in [0.1, 0.15) is 11.1 Å². The quantitative estimate of drug-likeness (QED) is 0.521. The van der Waals surface area contributed by atoms with E-state index in [2.05, 4.69) is 30.4 Å². The molecule has 1 aliphatic rings. The maximum Gasteiger partial charge on any atom is 0.0891 e. The van der Waals surface area contributed by atoms with E-state index >= 15 is 0 Å². The Hall–Kier alpha value is -2.74. The number of rotatable bonds is 6. The highest BCUT2D eigenvalue weighted by Crippen LogP contribution is 2.24. The van der Waals surface area contributed by atoms with Gasteiger partial charge < -0.3 is 0 Å². The molecule has 104 valence electrons. The van der Waals surface area contributed by atoms with Crippen LogP contribution in [0.25, 0.3) is 11.3 Å². The first kappa shape index (κ1) is 14.7. The van der Waals surface area contributed by atoms with Crippen molar-refractivity contribution in [2.24, 2.45) is 11.0 Å². The summed E-state index contributed by atoms with van der Waals surface area (Å²) in [4.78, 5) is 0. The molecule has 0 atom stereocenters. The van der Waals surface area contributed by atoms with Crippen LogP contribution in [0.4, 0.5) is 0 Å². The average Bonchev–Trinajstić information content (AvgIpc) is 3.03. The molecule has 0 bridgehead atoms.